The number of rotatable bonds is 22. The number of hydrogen-bond donors (Lipinski definition) is 1. The molecule has 5 rings (SSSR count). The molecule has 0 aromatic heterocycles. The van der Waals surface area contributed by atoms with E-state index in [0.29, 0.717) is 45.8 Å². The molecule has 0 bridgehead atoms. The summed E-state index contributed by atoms with van der Waals surface area (Å²) in [5.74, 6) is 1.67. The smallest absolute Gasteiger partial charge is 0.490 e. The topological polar surface area (TPSA) is 202 Å². The second-order valence-corrected chi connectivity index (χ2v) is 13.6. The van der Waals surface area contributed by atoms with Gasteiger partial charge in [0, 0.05) is 33.4 Å². The first kappa shape index (κ1) is 41.5. The summed E-state index contributed by atoms with van der Waals surface area (Å²) in [6.45, 7) is 3.41. The molecule has 1 saturated carbocycles. The molecule has 304 valence electrons. The van der Waals surface area contributed by atoms with Gasteiger partial charge in [-0.3, -0.25) is 0 Å². The largest absolute Gasteiger partial charge is 0.508 e. The van der Waals surface area contributed by atoms with Gasteiger partial charge in [-0.05, 0) is 81.2 Å². The summed E-state index contributed by atoms with van der Waals surface area (Å²) < 4.78 is 41.8. The van der Waals surface area contributed by atoms with Crippen LogP contribution in [0, 0.1) is 20.2 Å². The van der Waals surface area contributed by atoms with E-state index in [1.807, 2.05) is 42.5 Å². The average molecular weight is 777 g/mol. The van der Waals surface area contributed by atoms with Crippen molar-refractivity contribution < 1.29 is 57.8 Å². The van der Waals surface area contributed by atoms with E-state index in [-0.39, 0.29) is 25.2 Å². The summed E-state index contributed by atoms with van der Waals surface area (Å²) in [6.07, 6.45) is 0.972. The van der Waals surface area contributed by atoms with E-state index in [1.54, 1.807) is 7.11 Å². The molecule has 2 fully saturated rings. The monoisotopic (exact) mass is 776 g/mol. The van der Waals surface area contributed by atoms with Crippen molar-refractivity contribution in [2.75, 3.05) is 64.6 Å². The molecule has 1 aliphatic carbocycles. The molecule has 0 radical (unpaired) electrons. The lowest BCUT2D eigenvalue weighted by molar-refractivity contribution is -0.790. The van der Waals surface area contributed by atoms with Crippen LogP contribution in [0.3, 0.4) is 0 Å². The number of unbranched alkanes of at least 4 members (excludes halogenated alkanes) is 1. The van der Waals surface area contributed by atoms with E-state index in [0.717, 1.165) is 67.9 Å². The number of methoxy groups -OCH3 is 1. The molecule has 18 heteroatoms. The number of ether oxygens (including phenoxy) is 7. The first-order chi connectivity index (χ1) is 26.8. The summed E-state index contributed by atoms with van der Waals surface area (Å²) >= 11 is 0. The number of anilines is 1. The highest BCUT2D eigenvalue weighted by molar-refractivity contribution is 5.61. The van der Waals surface area contributed by atoms with Gasteiger partial charge >= 0.3 is 6.16 Å². The van der Waals surface area contributed by atoms with E-state index < -0.39 is 47.4 Å². The molecule has 18 nitrogen and oxygen atoms in total. The van der Waals surface area contributed by atoms with Gasteiger partial charge in [0.25, 0.3) is 10.2 Å². The van der Waals surface area contributed by atoms with Gasteiger partial charge < -0.3 is 53.0 Å². The Morgan fingerprint density at radius 2 is 1.75 bits per heavy atom. The molecule has 1 saturated heterocycles. The van der Waals surface area contributed by atoms with Gasteiger partial charge in [-0.25, -0.2) is 4.79 Å². The highest BCUT2D eigenvalue weighted by Gasteiger charge is 2.40. The normalized spacial score (nSPS) is 22.7. The van der Waals surface area contributed by atoms with Crippen LogP contribution in [0.15, 0.2) is 48.5 Å². The number of para-hydroxylation sites is 1. The van der Waals surface area contributed by atoms with E-state index in [1.165, 1.54) is 0 Å². The zero-order chi connectivity index (χ0) is 38.8. The highest BCUT2D eigenvalue weighted by atomic mass is 17.0. The first-order valence-corrected chi connectivity index (χ1v) is 18.9. The van der Waals surface area contributed by atoms with Crippen LogP contribution in [0.5, 0.6) is 11.5 Å². The maximum Gasteiger partial charge on any atom is 0.508 e. The molecule has 2 aliphatic heterocycles. The van der Waals surface area contributed by atoms with Gasteiger partial charge in [-0.2, -0.15) is 0 Å². The Bertz CT molecular complexity index is 1480. The third-order valence-electron chi connectivity index (χ3n) is 9.65. The van der Waals surface area contributed by atoms with Crippen LogP contribution < -0.4 is 19.7 Å². The summed E-state index contributed by atoms with van der Waals surface area (Å²) in [6, 6.07) is 15.8. The van der Waals surface area contributed by atoms with Crippen molar-refractivity contribution in [1.82, 2.24) is 5.32 Å². The van der Waals surface area contributed by atoms with Crippen molar-refractivity contribution in [3.05, 3.63) is 74.3 Å². The van der Waals surface area contributed by atoms with Gasteiger partial charge in [0.05, 0.1) is 37.7 Å². The molecule has 3 aliphatic rings. The third kappa shape index (κ3) is 13.9. The summed E-state index contributed by atoms with van der Waals surface area (Å²) in [4.78, 5) is 45.1. The first-order valence-electron chi connectivity index (χ1n) is 18.9. The van der Waals surface area contributed by atoms with Crippen LogP contribution in [0.1, 0.15) is 56.9 Å². The molecule has 2 heterocycles. The Kier molecular flexibility index (Phi) is 16.6. The molecule has 0 spiro atoms. The number of benzene rings is 2. The number of nitrogens with one attached hydrogen (secondary N) is 1. The molecule has 4 atom stereocenters. The SMILES string of the molecule is COCCCN1CCOc2ccc(COC3CNCC(OC(=O)OCCCCC(CO[N+](=O)[O-])O[N+](=O)[O-])C3OC3CCC(Oc4ccccc4)CC3)cc21. The maximum atomic E-state index is 12.9. The minimum atomic E-state index is -1.13. The van der Waals surface area contributed by atoms with Crippen molar-refractivity contribution in [2.45, 2.75) is 94.6 Å². The summed E-state index contributed by atoms with van der Waals surface area (Å²) in [7, 11) is 1.70. The van der Waals surface area contributed by atoms with Crippen LogP contribution in [0.4, 0.5) is 10.5 Å². The zero-order valence-corrected chi connectivity index (χ0v) is 31.2. The minimum absolute atomic E-state index is 0.0400. The Balaban J connectivity index is 1.17. The summed E-state index contributed by atoms with van der Waals surface area (Å²) in [5.41, 5.74) is 1.98. The predicted molar refractivity (Wildman–Crippen MR) is 195 cm³/mol. The van der Waals surface area contributed by atoms with Crippen LogP contribution in [0.2, 0.25) is 0 Å². The van der Waals surface area contributed by atoms with Crippen molar-refractivity contribution in [3.63, 3.8) is 0 Å². The molecule has 1 N–H and O–H groups in total. The number of piperidine rings is 1. The Morgan fingerprint density at radius 3 is 2.51 bits per heavy atom. The highest BCUT2D eigenvalue weighted by Crippen LogP contribution is 2.34. The molecular formula is C37H52N4O14. The fourth-order valence-electron chi connectivity index (χ4n) is 6.94. The minimum Gasteiger partial charge on any atom is -0.490 e. The number of carbonyl (C=O) groups excluding carboxylic acids is 1. The summed E-state index contributed by atoms with van der Waals surface area (Å²) in [5, 5.41) is 22.4. The van der Waals surface area contributed by atoms with Crippen LogP contribution in [-0.2, 0) is 40.0 Å². The van der Waals surface area contributed by atoms with Gasteiger partial charge in [0.1, 0.15) is 49.1 Å². The fraction of sp³-hybridized carbons (Fsp3) is 0.649. The molecule has 0 amide bonds. The van der Waals surface area contributed by atoms with Gasteiger partial charge in [-0.15, -0.1) is 20.2 Å². The van der Waals surface area contributed by atoms with Crippen molar-refractivity contribution >= 4 is 11.8 Å². The molecular weight excluding hydrogens is 724 g/mol. The standard InChI is InChI=1S/C37H52N4O14/c1-47-19-7-17-39-18-21-48-33-16-11-27(22-32(33)39)25-50-34-23-38-24-35(36(34)53-30-14-12-29(13-15-30)52-28-8-3-2-4-9-28)54-37(42)49-20-6-5-10-31(55-41(45)46)26-51-40(43)44/h2-4,8-9,11,16,22,29-31,34-36,38H,5-7,10,12-15,17-21,23-26H2,1H3. The number of carbonyl (C=O) groups is 1. The lowest BCUT2D eigenvalue weighted by Gasteiger charge is -2.40. The van der Waals surface area contributed by atoms with E-state index >= 15 is 0 Å². The lowest BCUT2D eigenvalue weighted by atomic mass is 9.94. The van der Waals surface area contributed by atoms with Crippen LogP contribution in [-0.4, -0.2) is 113 Å². The number of hydrogen-bond acceptors (Lipinski definition) is 16. The van der Waals surface area contributed by atoms with E-state index in [9.17, 15) is 25.0 Å². The number of fused-ring (bicyclic) bond motifs is 1. The number of nitrogens with zero attached hydrogens (tertiary/aromatic N) is 3. The average Bonchev–Trinajstić information content (AvgIpc) is 3.18. The Labute approximate surface area is 319 Å². The van der Waals surface area contributed by atoms with Gasteiger partial charge in [0.2, 0.25) is 0 Å². The Morgan fingerprint density at radius 1 is 0.964 bits per heavy atom. The van der Waals surface area contributed by atoms with E-state index in [4.69, 9.17) is 33.2 Å². The van der Waals surface area contributed by atoms with Crippen LogP contribution >= 0.6 is 0 Å². The van der Waals surface area contributed by atoms with Gasteiger partial charge in [0.15, 0.2) is 0 Å². The second kappa shape index (κ2) is 22.0. The molecule has 4 unspecified atom stereocenters. The van der Waals surface area contributed by atoms with Crippen molar-refractivity contribution in [3.8, 4) is 11.5 Å². The van der Waals surface area contributed by atoms with Crippen LogP contribution in [0.25, 0.3) is 0 Å². The fourth-order valence-corrected chi connectivity index (χ4v) is 6.94. The predicted octanol–water partition coefficient (Wildman–Crippen LogP) is 4.66. The molecule has 55 heavy (non-hydrogen) atoms. The maximum absolute atomic E-state index is 12.9. The molecule has 2 aromatic rings. The third-order valence-corrected chi connectivity index (χ3v) is 9.65. The lowest BCUT2D eigenvalue weighted by Crippen LogP contribution is -2.58. The Hall–Kier alpha value is -4.65. The second-order valence-electron chi connectivity index (χ2n) is 13.6. The molecule has 2 aromatic carbocycles. The van der Waals surface area contributed by atoms with Crippen molar-refractivity contribution in [2.24, 2.45) is 0 Å². The zero-order valence-electron chi connectivity index (χ0n) is 31.2. The van der Waals surface area contributed by atoms with Gasteiger partial charge in [-0.1, -0.05) is 24.3 Å². The van der Waals surface area contributed by atoms with E-state index in [2.05, 4.69) is 26.0 Å². The van der Waals surface area contributed by atoms with Crippen molar-refractivity contribution in [1.29, 1.82) is 0 Å². The quantitative estimate of drug-likeness (QED) is 0.0748.